The second-order valence-electron chi connectivity index (χ2n) is 4.68. The minimum atomic E-state index is -4.28. The number of halogens is 4. The molecule has 2 unspecified atom stereocenters. The molecule has 0 aromatic rings. The van der Waals surface area contributed by atoms with E-state index in [-0.39, 0.29) is 31.4 Å². The highest BCUT2D eigenvalue weighted by molar-refractivity contribution is 5.85. The van der Waals surface area contributed by atoms with E-state index in [1.165, 1.54) is 0 Å². The highest BCUT2D eigenvalue weighted by atomic mass is 35.5. The molecule has 0 saturated heterocycles. The van der Waals surface area contributed by atoms with Gasteiger partial charge >= 0.3 is 6.18 Å². The van der Waals surface area contributed by atoms with Gasteiger partial charge in [0.15, 0.2) is 0 Å². The SMILES string of the molecule is C[C@H](CN)NC(=O)C1CCCCC1C(F)(F)F.Cl. The van der Waals surface area contributed by atoms with Gasteiger partial charge in [0.1, 0.15) is 0 Å². The molecule has 0 aromatic heterocycles. The Hall–Kier alpha value is -0.490. The first kappa shape index (κ1) is 17.5. The molecule has 1 amide bonds. The highest BCUT2D eigenvalue weighted by Gasteiger charge is 2.48. The second kappa shape index (κ2) is 7.19. The lowest BCUT2D eigenvalue weighted by atomic mass is 9.78. The van der Waals surface area contributed by atoms with E-state index in [0.717, 1.165) is 0 Å². The van der Waals surface area contributed by atoms with Crippen LogP contribution in [-0.4, -0.2) is 24.7 Å². The zero-order chi connectivity index (χ0) is 13.1. The van der Waals surface area contributed by atoms with Gasteiger partial charge in [-0.15, -0.1) is 12.4 Å². The van der Waals surface area contributed by atoms with Crippen LogP contribution >= 0.6 is 12.4 Å². The van der Waals surface area contributed by atoms with Crippen molar-refractivity contribution in [3.63, 3.8) is 0 Å². The summed E-state index contributed by atoms with van der Waals surface area (Å²) in [4.78, 5) is 11.8. The van der Waals surface area contributed by atoms with E-state index < -0.39 is 23.9 Å². The van der Waals surface area contributed by atoms with Crippen molar-refractivity contribution in [1.29, 1.82) is 0 Å². The lowest BCUT2D eigenvalue weighted by molar-refractivity contribution is -0.198. The largest absolute Gasteiger partial charge is 0.392 e. The monoisotopic (exact) mass is 288 g/mol. The molecule has 3 nitrogen and oxygen atoms in total. The number of carbonyl (C=O) groups is 1. The standard InChI is InChI=1S/C11H19F3N2O.ClH/c1-7(6-15)16-10(17)8-4-2-3-5-9(8)11(12,13)14;/h7-9H,2-6,15H2,1H3,(H,16,17);1H/t7-,8?,9?;/m1./s1. The van der Waals surface area contributed by atoms with Gasteiger partial charge in [0.25, 0.3) is 0 Å². The topological polar surface area (TPSA) is 55.1 Å². The number of rotatable bonds is 3. The molecule has 18 heavy (non-hydrogen) atoms. The molecule has 3 N–H and O–H groups in total. The number of hydrogen-bond donors (Lipinski definition) is 2. The summed E-state index contributed by atoms with van der Waals surface area (Å²) < 4.78 is 38.3. The van der Waals surface area contributed by atoms with Crippen LogP contribution in [0, 0.1) is 11.8 Å². The molecule has 1 saturated carbocycles. The Balaban J connectivity index is 0.00000289. The summed E-state index contributed by atoms with van der Waals surface area (Å²) in [6.07, 6.45) is -2.69. The van der Waals surface area contributed by atoms with Gasteiger partial charge < -0.3 is 11.1 Å². The van der Waals surface area contributed by atoms with Crippen molar-refractivity contribution in [2.24, 2.45) is 17.6 Å². The molecule has 7 heteroatoms. The average Bonchev–Trinajstić information content (AvgIpc) is 2.27. The van der Waals surface area contributed by atoms with Gasteiger partial charge in [0.05, 0.1) is 5.92 Å². The fourth-order valence-electron chi connectivity index (χ4n) is 2.25. The lowest BCUT2D eigenvalue weighted by Crippen LogP contribution is -2.46. The predicted molar refractivity (Wildman–Crippen MR) is 65.4 cm³/mol. The van der Waals surface area contributed by atoms with Gasteiger partial charge in [-0.05, 0) is 19.8 Å². The normalized spacial score (nSPS) is 26.1. The first-order valence-electron chi connectivity index (χ1n) is 5.93. The van der Waals surface area contributed by atoms with Gasteiger partial charge in [-0.3, -0.25) is 4.79 Å². The van der Waals surface area contributed by atoms with Crippen LogP contribution in [0.25, 0.3) is 0 Å². The number of nitrogens with two attached hydrogens (primary N) is 1. The summed E-state index contributed by atoms with van der Waals surface area (Å²) in [6, 6.07) is -0.279. The molecule has 108 valence electrons. The zero-order valence-electron chi connectivity index (χ0n) is 10.3. The van der Waals surface area contributed by atoms with Crippen LogP contribution in [0.4, 0.5) is 13.2 Å². The van der Waals surface area contributed by atoms with E-state index in [1.807, 2.05) is 0 Å². The van der Waals surface area contributed by atoms with Crippen molar-refractivity contribution in [2.75, 3.05) is 6.54 Å². The van der Waals surface area contributed by atoms with Crippen molar-refractivity contribution in [2.45, 2.75) is 44.8 Å². The second-order valence-corrected chi connectivity index (χ2v) is 4.68. The molecule has 0 radical (unpaired) electrons. The van der Waals surface area contributed by atoms with Crippen LogP contribution in [-0.2, 0) is 4.79 Å². The fraction of sp³-hybridized carbons (Fsp3) is 0.909. The van der Waals surface area contributed by atoms with E-state index in [0.29, 0.717) is 19.3 Å². The van der Waals surface area contributed by atoms with Gasteiger partial charge in [-0.2, -0.15) is 13.2 Å². The minimum Gasteiger partial charge on any atom is -0.352 e. The van der Waals surface area contributed by atoms with E-state index in [2.05, 4.69) is 5.32 Å². The molecule has 0 aliphatic heterocycles. The zero-order valence-corrected chi connectivity index (χ0v) is 11.1. The van der Waals surface area contributed by atoms with Crippen molar-refractivity contribution < 1.29 is 18.0 Å². The van der Waals surface area contributed by atoms with Crippen molar-refractivity contribution in [3.8, 4) is 0 Å². The Kier molecular flexibility index (Phi) is 6.99. The van der Waals surface area contributed by atoms with Crippen LogP contribution < -0.4 is 11.1 Å². The summed E-state index contributed by atoms with van der Waals surface area (Å²) in [5.41, 5.74) is 5.33. The van der Waals surface area contributed by atoms with E-state index in [4.69, 9.17) is 5.73 Å². The summed E-state index contributed by atoms with van der Waals surface area (Å²) in [5.74, 6) is -2.95. The van der Waals surface area contributed by atoms with Gasteiger partial charge in [-0.25, -0.2) is 0 Å². The van der Waals surface area contributed by atoms with Crippen molar-refractivity contribution >= 4 is 18.3 Å². The lowest BCUT2D eigenvalue weighted by Gasteiger charge is -2.32. The molecule has 1 fully saturated rings. The van der Waals surface area contributed by atoms with Gasteiger partial charge in [0, 0.05) is 18.5 Å². The molecule has 1 rings (SSSR count). The Morgan fingerprint density at radius 1 is 1.39 bits per heavy atom. The molecule has 1 aliphatic carbocycles. The number of hydrogen-bond acceptors (Lipinski definition) is 2. The molecule has 0 heterocycles. The third kappa shape index (κ3) is 4.65. The molecular formula is C11H20ClF3N2O. The van der Waals surface area contributed by atoms with Crippen LogP contribution in [0.2, 0.25) is 0 Å². The molecule has 0 aromatic carbocycles. The maximum atomic E-state index is 12.8. The van der Waals surface area contributed by atoms with E-state index in [9.17, 15) is 18.0 Å². The summed E-state index contributed by atoms with van der Waals surface area (Å²) in [6.45, 7) is 1.92. The summed E-state index contributed by atoms with van der Waals surface area (Å²) >= 11 is 0. The van der Waals surface area contributed by atoms with Gasteiger partial charge in [-0.1, -0.05) is 12.8 Å². The first-order valence-corrected chi connectivity index (χ1v) is 5.93. The summed E-state index contributed by atoms with van der Waals surface area (Å²) in [7, 11) is 0. The maximum Gasteiger partial charge on any atom is 0.392 e. The Labute approximate surface area is 111 Å². The molecular weight excluding hydrogens is 269 g/mol. The molecule has 0 spiro atoms. The highest BCUT2D eigenvalue weighted by Crippen LogP contribution is 2.41. The number of alkyl halides is 3. The fourth-order valence-corrected chi connectivity index (χ4v) is 2.25. The first-order chi connectivity index (χ1) is 7.86. The molecule has 3 atom stereocenters. The van der Waals surface area contributed by atoms with Crippen LogP contribution in [0.1, 0.15) is 32.6 Å². The van der Waals surface area contributed by atoms with Crippen molar-refractivity contribution in [3.05, 3.63) is 0 Å². The Morgan fingerprint density at radius 3 is 2.44 bits per heavy atom. The van der Waals surface area contributed by atoms with Crippen molar-refractivity contribution in [1.82, 2.24) is 5.32 Å². The smallest absolute Gasteiger partial charge is 0.352 e. The maximum absolute atomic E-state index is 12.8. The quantitative estimate of drug-likeness (QED) is 0.837. The Bertz CT molecular complexity index is 274. The number of nitrogens with one attached hydrogen (secondary N) is 1. The van der Waals surface area contributed by atoms with Crippen LogP contribution in [0.5, 0.6) is 0 Å². The third-order valence-electron chi connectivity index (χ3n) is 3.27. The van der Waals surface area contributed by atoms with Gasteiger partial charge in [0.2, 0.25) is 5.91 Å². The van der Waals surface area contributed by atoms with E-state index in [1.54, 1.807) is 6.92 Å². The molecule has 0 bridgehead atoms. The average molecular weight is 289 g/mol. The van der Waals surface area contributed by atoms with Crippen LogP contribution in [0.15, 0.2) is 0 Å². The third-order valence-corrected chi connectivity index (χ3v) is 3.27. The Morgan fingerprint density at radius 2 is 1.94 bits per heavy atom. The van der Waals surface area contributed by atoms with E-state index >= 15 is 0 Å². The summed E-state index contributed by atoms with van der Waals surface area (Å²) in [5, 5.41) is 2.54. The number of amides is 1. The molecule has 1 aliphatic rings. The van der Waals surface area contributed by atoms with Crippen LogP contribution in [0.3, 0.4) is 0 Å². The number of carbonyl (C=O) groups excluding carboxylic acids is 1. The minimum absolute atomic E-state index is 0. The predicted octanol–water partition coefficient (Wildman–Crippen LogP) is 2.24.